The summed E-state index contributed by atoms with van der Waals surface area (Å²) >= 11 is 11.7. The second-order valence-electron chi connectivity index (χ2n) is 5.47. The van der Waals surface area contributed by atoms with Gasteiger partial charge in [0.15, 0.2) is 0 Å². The number of nitrogens with zero attached hydrogens (tertiary/aromatic N) is 1. The van der Waals surface area contributed by atoms with Gasteiger partial charge in [-0.05, 0) is 42.7 Å². The van der Waals surface area contributed by atoms with Crippen molar-refractivity contribution < 1.29 is 9.72 Å². The van der Waals surface area contributed by atoms with Crippen molar-refractivity contribution in [3.63, 3.8) is 0 Å². The predicted molar refractivity (Wildman–Crippen MR) is 89.1 cm³/mol. The molecule has 1 amide bonds. The maximum atomic E-state index is 12.6. The van der Waals surface area contributed by atoms with Crippen molar-refractivity contribution in [1.29, 1.82) is 0 Å². The highest BCUT2D eigenvalue weighted by Gasteiger charge is 2.51. The minimum absolute atomic E-state index is 0.0341. The van der Waals surface area contributed by atoms with Crippen molar-refractivity contribution in [3.8, 4) is 0 Å². The van der Waals surface area contributed by atoms with Crippen LogP contribution in [0.4, 0.5) is 11.4 Å². The van der Waals surface area contributed by atoms with Gasteiger partial charge in [0.2, 0.25) is 5.91 Å². The molecule has 5 nitrogen and oxygen atoms in total. The van der Waals surface area contributed by atoms with Crippen LogP contribution < -0.4 is 5.32 Å². The number of anilines is 1. The van der Waals surface area contributed by atoms with Gasteiger partial charge in [0.25, 0.3) is 5.69 Å². The van der Waals surface area contributed by atoms with Crippen LogP contribution in [0.1, 0.15) is 18.4 Å². The number of hydrogen-bond acceptors (Lipinski definition) is 3. The smallest absolute Gasteiger partial charge is 0.289 e. The van der Waals surface area contributed by atoms with Crippen LogP contribution in [0.2, 0.25) is 10.0 Å². The number of nitro groups is 1. The monoisotopic (exact) mass is 350 g/mol. The van der Waals surface area contributed by atoms with Gasteiger partial charge in [0.1, 0.15) is 5.02 Å². The zero-order chi connectivity index (χ0) is 16.6. The topological polar surface area (TPSA) is 72.2 Å². The average Bonchev–Trinajstić information content (AvgIpc) is 3.31. The standard InChI is InChI=1S/C16H12Cl2N2O3/c17-11-3-1-10(2-4-11)16(7-8-16)15(21)19-12-5-6-13(18)14(9-12)20(22)23/h1-6,9H,7-8H2,(H,19,21). The highest BCUT2D eigenvalue weighted by Crippen LogP contribution is 2.49. The number of halogens is 2. The lowest BCUT2D eigenvalue weighted by molar-refractivity contribution is -0.384. The van der Waals surface area contributed by atoms with E-state index in [0.29, 0.717) is 10.7 Å². The predicted octanol–water partition coefficient (Wildman–Crippen LogP) is 4.57. The minimum atomic E-state index is -0.584. The molecule has 1 aliphatic rings. The van der Waals surface area contributed by atoms with Gasteiger partial charge < -0.3 is 5.32 Å². The largest absolute Gasteiger partial charge is 0.325 e. The molecule has 23 heavy (non-hydrogen) atoms. The third-order valence-corrected chi connectivity index (χ3v) is 4.55. The molecule has 0 radical (unpaired) electrons. The summed E-state index contributed by atoms with van der Waals surface area (Å²) in [6.07, 6.45) is 1.46. The van der Waals surface area contributed by atoms with Crippen molar-refractivity contribution in [2.24, 2.45) is 0 Å². The van der Waals surface area contributed by atoms with Crippen molar-refractivity contribution >= 4 is 40.5 Å². The van der Waals surface area contributed by atoms with Crippen LogP contribution in [0.5, 0.6) is 0 Å². The molecule has 0 aliphatic heterocycles. The van der Waals surface area contributed by atoms with Crippen LogP contribution in [0.25, 0.3) is 0 Å². The van der Waals surface area contributed by atoms with E-state index in [1.807, 2.05) is 12.1 Å². The third kappa shape index (κ3) is 3.02. The van der Waals surface area contributed by atoms with Crippen LogP contribution in [-0.2, 0) is 10.2 Å². The van der Waals surface area contributed by atoms with E-state index in [1.165, 1.54) is 12.1 Å². The van der Waals surface area contributed by atoms with E-state index in [2.05, 4.69) is 5.32 Å². The van der Waals surface area contributed by atoms with Crippen molar-refractivity contribution in [3.05, 3.63) is 68.2 Å². The van der Waals surface area contributed by atoms with E-state index < -0.39 is 10.3 Å². The zero-order valence-electron chi connectivity index (χ0n) is 11.9. The van der Waals surface area contributed by atoms with Crippen LogP contribution in [0.15, 0.2) is 42.5 Å². The molecule has 1 aliphatic carbocycles. The van der Waals surface area contributed by atoms with E-state index in [4.69, 9.17) is 23.2 Å². The molecule has 0 bridgehead atoms. The van der Waals surface area contributed by atoms with Gasteiger partial charge >= 0.3 is 0 Å². The van der Waals surface area contributed by atoms with Gasteiger partial charge in [0, 0.05) is 16.8 Å². The molecular weight excluding hydrogens is 339 g/mol. The first-order valence-corrected chi connectivity index (χ1v) is 7.69. The molecule has 3 rings (SSSR count). The summed E-state index contributed by atoms with van der Waals surface area (Å²) in [7, 11) is 0. The maximum absolute atomic E-state index is 12.6. The van der Waals surface area contributed by atoms with Crippen LogP contribution in [0, 0.1) is 10.1 Å². The van der Waals surface area contributed by atoms with E-state index in [-0.39, 0.29) is 16.6 Å². The first-order chi connectivity index (χ1) is 10.9. The normalized spacial score (nSPS) is 15.0. The molecule has 1 N–H and O–H groups in total. The SMILES string of the molecule is O=C(Nc1ccc(Cl)c([N+](=O)[O-])c1)C1(c2ccc(Cl)cc2)CC1. The quantitative estimate of drug-likeness (QED) is 0.648. The number of carbonyl (C=O) groups excluding carboxylic acids is 1. The molecular formula is C16H12Cl2N2O3. The summed E-state index contributed by atoms with van der Waals surface area (Å²) in [4.78, 5) is 22.9. The lowest BCUT2D eigenvalue weighted by Gasteiger charge is -2.16. The maximum Gasteiger partial charge on any atom is 0.289 e. The second kappa shape index (κ2) is 5.83. The van der Waals surface area contributed by atoms with Crippen molar-refractivity contribution in [2.45, 2.75) is 18.3 Å². The number of rotatable bonds is 4. The Morgan fingerprint density at radius 3 is 2.35 bits per heavy atom. The number of carbonyl (C=O) groups is 1. The number of benzene rings is 2. The molecule has 0 atom stereocenters. The third-order valence-electron chi connectivity index (χ3n) is 3.98. The van der Waals surface area contributed by atoms with Gasteiger partial charge in [-0.3, -0.25) is 14.9 Å². The number of amides is 1. The Balaban J connectivity index is 1.83. The Morgan fingerprint density at radius 2 is 1.78 bits per heavy atom. The molecule has 0 heterocycles. The average molecular weight is 351 g/mol. The second-order valence-corrected chi connectivity index (χ2v) is 6.31. The Morgan fingerprint density at radius 1 is 1.13 bits per heavy atom. The van der Waals surface area contributed by atoms with Gasteiger partial charge in [-0.2, -0.15) is 0 Å². The molecule has 1 fully saturated rings. The molecule has 2 aromatic carbocycles. The lowest BCUT2D eigenvalue weighted by Crippen LogP contribution is -2.27. The van der Waals surface area contributed by atoms with Crippen LogP contribution in [-0.4, -0.2) is 10.8 Å². The molecule has 0 saturated heterocycles. The number of nitrogens with one attached hydrogen (secondary N) is 1. The Labute approximate surface area is 142 Å². The van der Waals surface area contributed by atoms with E-state index in [0.717, 1.165) is 18.4 Å². The molecule has 0 spiro atoms. The first-order valence-electron chi connectivity index (χ1n) is 6.94. The van der Waals surface area contributed by atoms with Crippen LogP contribution >= 0.6 is 23.2 Å². The Bertz CT molecular complexity index is 786. The molecule has 7 heteroatoms. The fraction of sp³-hybridized carbons (Fsp3) is 0.188. The van der Waals surface area contributed by atoms with E-state index in [1.54, 1.807) is 18.2 Å². The fourth-order valence-corrected chi connectivity index (χ4v) is 2.83. The van der Waals surface area contributed by atoms with Gasteiger partial charge in [0.05, 0.1) is 10.3 Å². The summed E-state index contributed by atoms with van der Waals surface area (Å²) in [5, 5.41) is 14.3. The molecule has 1 saturated carbocycles. The van der Waals surface area contributed by atoms with Gasteiger partial charge in [-0.1, -0.05) is 35.3 Å². The van der Waals surface area contributed by atoms with Crippen LogP contribution in [0.3, 0.4) is 0 Å². The van der Waals surface area contributed by atoms with E-state index >= 15 is 0 Å². The Hall–Kier alpha value is -2.11. The van der Waals surface area contributed by atoms with E-state index in [9.17, 15) is 14.9 Å². The minimum Gasteiger partial charge on any atom is -0.325 e. The molecule has 0 aromatic heterocycles. The van der Waals surface area contributed by atoms with Crippen molar-refractivity contribution in [1.82, 2.24) is 0 Å². The van der Waals surface area contributed by atoms with Gasteiger partial charge in [-0.25, -0.2) is 0 Å². The highest BCUT2D eigenvalue weighted by atomic mass is 35.5. The zero-order valence-corrected chi connectivity index (χ0v) is 13.4. The highest BCUT2D eigenvalue weighted by molar-refractivity contribution is 6.32. The molecule has 0 unspecified atom stereocenters. The fourth-order valence-electron chi connectivity index (χ4n) is 2.52. The lowest BCUT2D eigenvalue weighted by atomic mass is 9.95. The summed E-state index contributed by atoms with van der Waals surface area (Å²) in [6, 6.07) is 11.4. The first kappa shape index (κ1) is 15.8. The van der Waals surface area contributed by atoms with Gasteiger partial charge in [-0.15, -0.1) is 0 Å². The van der Waals surface area contributed by atoms with Crippen molar-refractivity contribution in [2.75, 3.05) is 5.32 Å². The molecule has 2 aromatic rings. The summed E-state index contributed by atoms with van der Waals surface area (Å²) < 4.78 is 0. The molecule has 118 valence electrons. The Kier molecular flexibility index (Phi) is 4.00. The number of nitro benzene ring substituents is 1. The summed E-state index contributed by atoms with van der Waals surface area (Å²) in [6.45, 7) is 0. The number of hydrogen-bond donors (Lipinski definition) is 1. The summed E-state index contributed by atoms with van der Waals surface area (Å²) in [5.41, 5.74) is 0.425. The summed E-state index contributed by atoms with van der Waals surface area (Å²) in [5.74, 6) is -0.184.